The van der Waals surface area contributed by atoms with Crippen molar-refractivity contribution in [1.82, 2.24) is 4.98 Å². The Kier molecular flexibility index (Phi) is 7.22. The van der Waals surface area contributed by atoms with E-state index in [-0.39, 0.29) is 0 Å². The molecule has 0 radical (unpaired) electrons. The maximum absolute atomic E-state index is 6.05. The van der Waals surface area contributed by atoms with E-state index in [0.29, 0.717) is 5.88 Å². The molecule has 0 unspecified atom stereocenters. The van der Waals surface area contributed by atoms with Gasteiger partial charge < -0.3 is 4.90 Å². The number of alkyl halides is 1. The first-order valence-electron chi connectivity index (χ1n) is 7.28. The van der Waals surface area contributed by atoms with Crippen molar-refractivity contribution in [2.24, 2.45) is 11.8 Å². The molecule has 0 N–H and O–H groups in total. The second kappa shape index (κ2) is 8.42. The first-order chi connectivity index (χ1) is 9.04. The van der Waals surface area contributed by atoms with Crippen molar-refractivity contribution in [2.75, 3.05) is 18.0 Å². The molecule has 0 bridgehead atoms. The minimum Gasteiger partial charge on any atom is -0.370 e. The Morgan fingerprint density at radius 3 is 2.16 bits per heavy atom. The Balaban J connectivity index is 2.81. The molecule has 0 amide bonds. The SMILES string of the molecule is CC(C)CCN(CCC(C)C)c1cnccc1CCl. The molecular weight excluding hydrogens is 256 g/mol. The van der Waals surface area contributed by atoms with Crippen LogP contribution in [-0.2, 0) is 5.88 Å². The van der Waals surface area contributed by atoms with Gasteiger partial charge in [0, 0.05) is 25.2 Å². The third-order valence-electron chi connectivity index (χ3n) is 3.32. The van der Waals surface area contributed by atoms with E-state index in [4.69, 9.17) is 11.6 Å². The van der Waals surface area contributed by atoms with Crippen molar-refractivity contribution in [1.29, 1.82) is 0 Å². The topological polar surface area (TPSA) is 16.1 Å². The number of hydrogen-bond acceptors (Lipinski definition) is 2. The van der Waals surface area contributed by atoms with Crippen LogP contribution in [0.4, 0.5) is 5.69 Å². The summed E-state index contributed by atoms with van der Waals surface area (Å²) in [4.78, 5) is 6.72. The average molecular weight is 283 g/mol. The standard InChI is InChI=1S/C16H27ClN2/c1-13(2)6-9-19(10-7-14(3)4)16-12-18-8-5-15(16)11-17/h5,8,12-14H,6-7,9-11H2,1-4H3. The van der Waals surface area contributed by atoms with Gasteiger partial charge in [0.25, 0.3) is 0 Å². The lowest BCUT2D eigenvalue weighted by atomic mass is 10.1. The number of aromatic nitrogens is 1. The Morgan fingerprint density at radius 2 is 1.68 bits per heavy atom. The maximum atomic E-state index is 6.05. The van der Waals surface area contributed by atoms with E-state index in [1.165, 1.54) is 24.1 Å². The maximum Gasteiger partial charge on any atom is 0.0597 e. The van der Waals surface area contributed by atoms with Gasteiger partial charge in [0.2, 0.25) is 0 Å². The quantitative estimate of drug-likeness (QED) is 0.642. The lowest BCUT2D eigenvalue weighted by Crippen LogP contribution is -2.28. The predicted molar refractivity (Wildman–Crippen MR) is 84.9 cm³/mol. The first-order valence-corrected chi connectivity index (χ1v) is 7.81. The van der Waals surface area contributed by atoms with E-state index in [1.54, 1.807) is 0 Å². The second-order valence-electron chi connectivity index (χ2n) is 5.99. The Labute approximate surface area is 123 Å². The molecule has 0 saturated heterocycles. The average Bonchev–Trinajstić information content (AvgIpc) is 2.38. The fraction of sp³-hybridized carbons (Fsp3) is 0.688. The van der Waals surface area contributed by atoms with Crippen molar-refractivity contribution in [3.8, 4) is 0 Å². The number of anilines is 1. The number of halogens is 1. The van der Waals surface area contributed by atoms with Crippen LogP contribution in [0.3, 0.4) is 0 Å². The number of rotatable bonds is 8. The monoisotopic (exact) mass is 282 g/mol. The summed E-state index contributed by atoms with van der Waals surface area (Å²) in [6.07, 6.45) is 6.19. The van der Waals surface area contributed by atoms with Crippen molar-refractivity contribution < 1.29 is 0 Å². The van der Waals surface area contributed by atoms with E-state index < -0.39 is 0 Å². The molecule has 0 atom stereocenters. The van der Waals surface area contributed by atoms with Gasteiger partial charge in [-0.1, -0.05) is 27.7 Å². The molecule has 1 aromatic rings. The highest BCUT2D eigenvalue weighted by molar-refractivity contribution is 6.17. The number of hydrogen-bond donors (Lipinski definition) is 0. The summed E-state index contributed by atoms with van der Waals surface area (Å²) in [5, 5.41) is 0. The smallest absolute Gasteiger partial charge is 0.0597 e. The largest absolute Gasteiger partial charge is 0.370 e. The molecule has 0 aliphatic rings. The van der Waals surface area contributed by atoms with E-state index in [2.05, 4.69) is 37.6 Å². The Morgan fingerprint density at radius 1 is 1.11 bits per heavy atom. The second-order valence-corrected chi connectivity index (χ2v) is 6.26. The number of nitrogens with zero attached hydrogens (tertiary/aromatic N) is 2. The van der Waals surface area contributed by atoms with Gasteiger partial charge in [-0.3, -0.25) is 4.98 Å². The Bertz CT molecular complexity index is 352. The van der Waals surface area contributed by atoms with Gasteiger partial charge in [0.15, 0.2) is 0 Å². The van der Waals surface area contributed by atoms with Crippen LogP contribution in [0.2, 0.25) is 0 Å². The predicted octanol–water partition coefficient (Wildman–Crippen LogP) is 4.72. The summed E-state index contributed by atoms with van der Waals surface area (Å²) in [6.45, 7) is 11.2. The fourth-order valence-electron chi connectivity index (χ4n) is 1.99. The van der Waals surface area contributed by atoms with Gasteiger partial charge in [-0.05, 0) is 36.3 Å². The highest BCUT2D eigenvalue weighted by Gasteiger charge is 2.12. The molecular formula is C16H27ClN2. The van der Waals surface area contributed by atoms with Crippen LogP contribution in [0.5, 0.6) is 0 Å². The summed E-state index contributed by atoms with van der Waals surface area (Å²) in [6, 6.07) is 2.03. The highest BCUT2D eigenvalue weighted by Crippen LogP contribution is 2.22. The zero-order chi connectivity index (χ0) is 14.3. The van der Waals surface area contributed by atoms with Crippen LogP contribution in [0, 0.1) is 11.8 Å². The van der Waals surface area contributed by atoms with Crippen LogP contribution in [-0.4, -0.2) is 18.1 Å². The van der Waals surface area contributed by atoms with Crippen LogP contribution < -0.4 is 4.90 Å². The van der Waals surface area contributed by atoms with E-state index in [0.717, 1.165) is 24.9 Å². The normalized spacial score (nSPS) is 11.3. The zero-order valence-electron chi connectivity index (χ0n) is 12.7. The fourth-order valence-corrected chi connectivity index (χ4v) is 2.22. The molecule has 1 aromatic heterocycles. The highest BCUT2D eigenvalue weighted by atomic mass is 35.5. The Hall–Kier alpha value is -0.760. The van der Waals surface area contributed by atoms with Gasteiger partial charge in [-0.25, -0.2) is 0 Å². The minimum atomic E-state index is 0.553. The minimum absolute atomic E-state index is 0.553. The van der Waals surface area contributed by atoms with Gasteiger partial charge in [0.05, 0.1) is 11.9 Å². The van der Waals surface area contributed by atoms with E-state index in [9.17, 15) is 0 Å². The molecule has 0 fully saturated rings. The van der Waals surface area contributed by atoms with Crippen molar-refractivity contribution in [3.05, 3.63) is 24.0 Å². The van der Waals surface area contributed by atoms with Crippen molar-refractivity contribution in [2.45, 2.75) is 46.4 Å². The molecule has 0 aromatic carbocycles. The summed E-state index contributed by atoms with van der Waals surface area (Å²) < 4.78 is 0. The molecule has 3 heteroatoms. The summed E-state index contributed by atoms with van der Waals surface area (Å²) >= 11 is 6.05. The molecule has 108 valence electrons. The van der Waals surface area contributed by atoms with Crippen molar-refractivity contribution in [3.63, 3.8) is 0 Å². The van der Waals surface area contributed by atoms with Gasteiger partial charge in [0.1, 0.15) is 0 Å². The summed E-state index contributed by atoms with van der Waals surface area (Å²) in [5.41, 5.74) is 2.39. The number of pyridine rings is 1. The van der Waals surface area contributed by atoms with Crippen molar-refractivity contribution >= 4 is 17.3 Å². The first kappa shape index (κ1) is 16.3. The van der Waals surface area contributed by atoms with Crippen LogP contribution in [0.15, 0.2) is 18.5 Å². The van der Waals surface area contributed by atoms with Crippen LogP contribution in [0.25, 0.3) is 0 Å². The van der Waals surface area contributed by atoms with Gasteiger partial charge in [-0.15, -0.1) is 11.6 Å². The molecule has 19 heavy (non-hydrogen) atoms. The molecule has 1 heterocycles. The molecule has 0 spiro atoms. The molecule has 2 nitrogen and oxygen atoms in total. The van der Waals surface area contributed by atoms with Gasteiger partial charge >= 0.3 is 0 Å². The summed E-state index contributed by atoms with van der Waals surface area (Å²) in [5.74, 6) is 1.99. The van der Waals surface area contributed by atoms with E-state index >= 15 is 0 Å². The molecule has 0 aliphatic heterocycles. The third kappa shape index (κ3) is 5.82. The molecule has 0 aliphatic carbocycles. The van der Waals surface area contributed by atoms with E-state index in [1.807, 2.05) is 18.5 Å². The van der Waals surface area contributed by atoms with Crippen LogP contribution >= 0.6 is 11.6 Å². The lowest BCUT2D eigenvalue weighted by molar-refractivity contribution is 0.534. The third-order valence-corrected chi connectivity index (χ3v) is 3.61. The molecule has 1 rings (SSSR count). The van der Waals surface area contributed by atoms with Gasteiger partial charge in [-0.2, -0.15) is 0 Å². The molecule has 0 saturated carbocycles. The van der Waals surface area contributed by atoms with Crippen LogP contribution in [0.1, 0.15) is 46.1 Å². The zero-order valence-corrected chi connectivity index (χ0v) is 13.5. The summed E-state index contributed by atoms with van der Waals surface area (Å²) in [7, 11) is 0. The lowest BCUT2D eigenvalue weighted by Gasteiger charge is -2.28.